The van der Waals surface area contributed by atoms with Gasteiger partial charge in [0, 0.05) is 21.4 Å². The van der Waals surface area contributed by atoms with E-state index < -0.39 is 17.7 Å². The molecule has 1 fully saturated rings. The van der Waals surface area contributed by atoms with Crippen molar-refractivity contribution in [1.82, 2.24) is 10.2 Å². The molecule has 0 aliphatic carbocycles. The number of anilines is 1. The molecule has 0 bridgehead atoms. The molecule has 1 aromatic heterocycles. The van der Waals surface area contributed by atoms with Crippen LogP contribution in [0.2, 0.25) is 10.0 Å². The van der Waals surface area contributed by atoms with Gasteiger partial charge in [-0.2, -0.15) is 0 Å². The Kier molecular flexibility index (Phi) is 12.6. The Morgan fingerprint density at radius 1 is 0.925 bits per heavy atom. The first kappa shape index (κ1) is 38.2. The Hall–Kier alpha value is -4.55. The second-order valence-corrected chi connectivity index (χ2v) is 15.3. The number of Topliss-reactive ketones (excluding diaryl/α,β-unsaturated/α-hetero) is 1. The van der Waals surface area contributed by atoms with Crippen molar-refractivity contribution >= 4 is 68.9 Å². The van der Waals surface area contributed by atoms with E-state index in [1.165, 1.54) is 23.8 Å². The number of nitrogens with zero attached hydrogens (tertiary/aromatic N) is 3. The summed E-state index contributed by atoms with van der Waals surface area (Å²) in [6.45, 7) is 5.03. The van der Waals surface area contributed by atoms with Crippen LogP contribution >= 0.6 is 46.3 Å². The van der Waals surface area contributed by atoms with E-state index in [-0.39, 0.29) is 16.5 Å². The van der Waals surface area contributed by atoms with E-state index in [1.807, 2.05) is 37.3 Å². The summed E-state index contributed by atoms with van der Waals surface area (Å²) in [6, 6.07) is 24.1. The van der Waals surface area contributed by atoms with Crippen molar-refractivity contribution in [3.63, 3.8) is 0 Å². The average molecular weight is 791 g/mol. The second-order valence-electron chi connectivity index (χ2n) is 12.2. The number of aryl methyl sites for hydroxylation is 1. The normalized spacial score (nSPS) is 15.2. The minimum absolute atomic E-state index is 0.0976. The van der Waals surface area contributed by atoms with Crippen LogP contribution < -0.4 is 19.1 Å². The highest BCUT2D eigenvalue weighted by Crippen LogP contribution is 2.46. The number of ether oxygens (including phenoxy) is 3. The van der Waals surface area contributed by atoms with E-state index in [2.05, 4.69) is 17.1 Å². The molecule has 4 aromatic carbocycles. The molecule has 1 aliphatic rings. The van der Waals surface area contributed by atoms with Crippen molar-refractivity contribution in [2.45, 2.75) is 55.9 Å². The van der Waals surface area contributed by atoms with Crippen LogP contribution in [-0.4, -0.2) is 40.7 Å². The summed E-state index contributed by atoms with van der Waals surface area (Å²) in [7, 11) is 1.53. The SMILES string of the molecule is CCCCCOc1ccc(C2C(=C(O)c3ccc(OCc4ccccc4C)cc3)C(=O)C(=O)N2c2nnc(SCc3ccc(Cl)cc3Cl)s2)cc1OC. The fourth-order valence-corrected chi connectivity index (χ4v) is 8.21. The highest BCUT2D eigenvalue weighted by molar-refractivity contribution is 8.00. The van der Waals surface area contributed by atoms with Gasteiger partial charge in [0.25, 0.3) is 5.78 Å². The first-order valence-electron chi connectivity index (χ1n) is 17.0. The molecule has 53 heavy (non-hydrogen) atoms. The Morgan fingerprint density at radius 3 is 2.45 bits per heavy atom. The van der Waals surface area contributed by atoms with Gasteiger partial charge in [0.2, 0.25) is 5.13 Å². The van der Waals surface area contributed by atoms with Crippen molar-refractivity contribution in [3.8, 4) is 17.2 Å². The van der Waals surface area contributed by atoms with Crippen LogP contribution in [0.25, 0.3) is 5.76 Å². The molecule has 9 nitrogen and oxygen atoms in total. The van der Waals surface area contributed by atoms with Crippen molar-refractivity contribution < 1.29 is 28.9 Å². The lowest BCUT2D eigenvalue weighted by Crippen LogP contribution is -2.29. The quantitative estimate of drug-likeness (QED) is 0.0277. The van der Waals surface area contributed by atoms with Crippen LogP contribution in [0.5, 0.6) is 17.2 Å². The molecular formula is C40H37Cl2N3O6S2. The Bertz CT molecular complexity index is 2140. The minimum Gasteiger partial charge on any atom is -0.507 e. The predicted octanol–water partition coefficient (Wildman–Crippen LogP) is 10.2. The number of hydrogen-bond acceptors (Lipinski definition) is 10. The lowest BCUT2D eigenvalue weighted by molar-refractivity contribution is -0.132. The standard InChI is InChI=1S/C40H37Cl2N3O6S2/c1-4-5-8-19-50-32-18-14-26(20-33(32)49-3)35-34(36(46)25-12-16-30(17-13-25)51-22-27-10-7-6-9-24(27)2)37(47)38(48)45(35)39-43-44-40(53-39)52-23-28-11-15-29(41)21-31(28)42/h6-7,9-18,20-21,35,46H,4-5,8,19,22-23H2,1-3H3. The van der Waals surface area contributed by atoms with E-state index in [0.717, 1.165) is 47.3 Å². The number of ketones is 1. The van der Waals surface area contributed by atoms with Crippen molar-refractivity contribution in [2.24, 2.45) is 0 Å². The summed E-state index contributed by atoms with van der Waals surface area (Å²) >= 11 is 15.0. The molecule has 6 rings (SSSR count). The molecule has 1 amide bonds. The van der Waals surface area contributed by atoms with Crippen LogP contribution in [0.1, 0.15) is 60.0 Å². The fraction of sp³-hybridized carbons (Fsp3) is 0.250. The molecular weight excluding hydrogens is 753 g/mol. The molecule has 1 unspecified atom stereocenters. The molecule has 274 valence electrons. The number of carbonyl (C=O) groups is 2. The van der Waals surface area contributed by atoms with Gasteiger partial charge in [-0.15, -0.1) is 10.2 Å². The van der Waals surface area contributed by atoms with Crippen molar-refractivity contribution in [3.05, 3.63) is 128 Å². The van der Waals surface area contributed by atoms with E-state index in [9.17, 15) is 14.7 Å². The number of rotatable bonds is 15. The molecule has 0 saturated carbocycles. The van der Waals surface area contributed by atoms with E-state index in [1.54, 1.807) is 54.6 Å². The Balaban J connectivity index is 1.33. The zero-order valence-electron chi connectivity index (χ0n) is 29.3. The Morgan fingerprint density at radius 2 is 1.72 bits per heavy atom. The summed E-state index contributed by atoms with van der Waals surface area (Å²) < 4.78 is 18.3. The monoisotopic (exact) mass is 789 g/mol. The zero-order valence-corrected chi connectivity index (χ0v) is 32.5. The number of unbranched alkanes of at least 4 members (excludes halogenated alkanes) is 2. The third-order valence-electron chi connectivity index (χ3n) is 8.70. The van der Waals surface area contributed by atoms with Crippen LogP contribution in [0.4, 0.5) is 5.13 Å². The van der Waals surface area contributed by atoms with E-state index in [0.29, 0.717) is 61.7 Å². The van der Waals surface area contributed by atoms with Gasteiger partial charge in [0.15, 0.2) is 15.8 Å². The molecule has 1 atom stereocenters. The second kappa shape index (κ2) is 17.5. The number of methoxy groups -OCH3 is 1. The predicted molar refractivity (Wildman–Crippen MR) is 211 cm³/mol. The number of thioether (sulfide) groups is 1. The highest BCUT2D eigenvalue weighted by atomic mass is 35.5. The van der Waals surface area contributed by atoms with Gasteiger partial charge in [-0.05, 0) is 84.1 Å². The van der Waals surface area contributed by atoms with Crippen LogP contribution in [-0.2, 0) is 21.9 Å². The summed E-state index contributed by atoms with van der Waals surface area (Å²) in [5, 5.41) is 21.7. The molecule has 1 N–H and O–H groups in total. The maximum atomic E-state index is 13.9. The smallest absolute Gasteiger partial charge is 0.301 e. The van der Waals surface area contributed by atoms with Crippen LogP contribution in [0.3, 0.4) is 0 Å². The number of aliphatic hydroxyl groups is 1. The molecule has 2 heterocycles. The van der Waals surface area contributed by atoms with E-state index in [4.69, 9.17) is 37.4 Å². The van der Waals surface area contributed by atoms with Gasteiger partial charge in [0.05, 0.1) is 25.3 Å². The third-order valence-corrected chi connectivity index (χ3v) is 11.4. The fourth-order valence-electron chi connectivity index (χ4n) is 5.79. The lowest BCUT2D eigenvalue weighted by Gasteiger charge is -2.23. The molecule has 13 heteroatoms. The maximum absolute atomic E-state index is 13.9. The summed E-state index contributed by atoms with van der Waals surface area (Å²) in [5.41, 5.74) is 3.78. The number of halogens is 2. The summed E-state index contributed by atoms with van der Waals surface area (Å²) in [6.07, 6.45) is 2.98. The van der Waals surface area contributed by atoms with Gasteiger partial charge in [-0.1, -0.05) is 102 Å². The number of aromatic nitrogens is 2. The molecule has 0 spiro atoms. The largest absolute Gasteiger partial charge is 0.507 e. The van der Waals surface area contributed by atoms with Gasteiger partial charge < -0.3 is 19.3 Å². The Labute approximate surface area is 326 Å². The number of carbonyl (C=O) groups excluding carboxylic acids is 2. The number of aliphatic hydroxyl groups excluding tert-OH is 1. The van der Waals surface area contributed by atoms with Gasteiger partial charge in [-0.3, -0.25) is 14.5 Å². The van der Waals surface area contributed by atoms with Gasteiger partial charge >= 0.3 is 5.91 Å². The minimum atomic E-state index is -1.05. The summed E-state index contributed by atoms with van der Waals surface area (Å²) in [5.74, 6) is -0.0228. The van der Waals surface area contributed by atoms with Gasteiger partial charge in [0.1, 0.15) is 18.1 Å². The molecule has 5 aromatic rings. The number of benzene rings is 4. The highest BCUT2D eigenvalue weighted by Gasteiger charge is 2.48. The average Bonchev–Trinajstić information content (AvgIpc) is 3.73. The maximum Gasteiger partial charge on any atom is 0.301 e. The first-order valence-corrected chi connectivity index (χ1v) is 19.5. The van der Waals surface area contributed by atoms with Gasteiger partial charge in [-0.25, -0.2) is 0 Å². The number of amides is 1. The van der Waals surface area contributed by atoms with Crippen LogP contribution in [0.15, 0.2) is 94.8 Å². The number of hydrogen-bond donors (Lipinski definition) is 1. The van der Waals surface area contributed by atoms with E-state index >= 15 is 0 Å². The molecule has 1 aliphatic heterocycles. The topological polar surface area (TPSA) is 111 Å². The van der Waals surface area contributed by atoms with Crippen molar-refractivity contribution in [2.75, 3.05) is 18.6 Å². The lowest BCUT2D eigenvalue weighted by atomic mass is 9.95. The zero-order chi connectivity index (χ0) is 37.5. The first-order chi connectivity index (χ1) is 25.7. The third kappa shape index (κ3) is 8.81. The molecule has 0 radical (unpaired) electrons. The summed E-state index contributed by atoms with van der Waals surface area (Å²) in [4.78, 5) is 29.1. The molecule has 1 saturated heterocycles. The van der Waals surface area contributed by atoms with Crippen molar-refractivity contribution in [1.29, 1.82) is 0 Å². The van der Waals surface area contributed by atoms with Crippen LogP contribution in [0, 0.1) is 6.92 Å².